The summed E-state index contributed by atoms with van der Waals surface area (Å²) in [6, 6.07) is -1.93. The number of aliphatic hydroxyl groups excluding tert-OH is 1. The largest absolute Gasteiger partial charge is 0.391 e. The SMILES string of the molecule is CC(C)C(=O)[C@H](CCN)NC(=O)[C@@H](NC(=O)[C@@H]1CNCCO1)C(C)O. The quantitative estimate of drug-likeness (QED) is 0.318. The number of morpholine rings is 1. The summed E-state index contributed by atoms with van der Waals surface area (Å²) in [5.41, 5.74) is 5.51. The minimum absolute atomic E-state index is 0.144. The molecule has 25 heavy (non-hydrogen) atoms. The van der Waals surface area contributed by atoms with Crippen molar-refractivity contribution in [1.82, 2.24) is 16.0 Å². The lowest BCUT2D eigenvalue weighted by molar-refractivity contribution is -0.140. The molecule has 0 saturated carbocycles. The topological polar surface area (TPSA) is 143 Å². The minimum Gasteiger partial charge on any atom is -0.391 e. The smallest absolute Gasteiger partial charge is 0.251 e. The molecule has 0 aromatic carbocycles. The van der Waals surface area contributed by atoms with Crippen molar-refractivity contribution < 1.29 is 24.2 Å². The molecule has 9 heteroatoms. The van der Waals surface area contributed by atoms with Crippen LogP contribution in [0.2, 0.25) is 0 Å². The minimum atomic E-state index is -1.18. The van der Waals surface area contributed by atoms with Crippen molar-refractivity contribution in [2.24, 2.45) is 11.7 Å². The Bertz CT molecular complexity index is 463. The summed E-state index contributed by atoms with van der Waals surface area (Å²) < 4.78 is 5.33. The van der Waals surface area contributed by atoms with E-state index < -0.39 is 36.1 Å². The fourth-order valence-corrected chi connectivity index (χ4v) is 2.50. The Labute approximate surface area is 148 Å². The van der Waals surface area contributed by atoms with Gasteiger partial charge in [0.15, 0.2) is 5.78 Å². The first kappa shape index (κ1) is 21.5. The van der Waals surface area contributed by atoms with E-state index in [1.54, 1.807) is 13.8 Å². The first-order valence-electron chi connectivity index (χ1n) is 8.62. The number of amides is 2. The van der Waals surface area contributed by atoms with Crippen LogP contribution in [0, 0.1) is 5.92 Å². The van der Waals surface area contributed by atoms with Crippen LogP contribution in [0.15, 0.2) is 0 Å². The van der Waals surface area contributed by atoms with Crippen LogP contribution in [0.1, 0.15) is 27.2 Å². The zero-order valence-electron chi connectivity index (χ0n) is 15.1. The van der Waals surface area contributed by atoms with E-state index in [9.17, 15) is 19.5 Å². The fourth-order valence-electron chi connectivity index (χ4n) is 2.50. The predicted molar refractivity (Wildman–Crippen MR) is 91.7 cm³/mol. The number of rotatable bonds is 9. The highest BCUT2D eigenvalue weighted by atomic mass is 16.5. The first-order chi connectivity index (χ1) is 11.8. The third-order valence-corrected chi connectivity index (χ3v) is 3.97. The standard InChI is InChI=1S/C16H30N4O5/c1-9(2)14(22)11(4-5-17)19-16(24)13(10(3)21)20-15(23)12-8-18-6-7-25-12/h9-13,18,21H,4-8,17H2,1-3H3,(H,19,24)(H,20,23)/t10?,11-,12-,13-/m0/s1. The summed E-state index contributed by atoms with van der Waals surface area (Å²) in [5.74, 6) is -1.52. The van der Waals surface area contributed by atoms with Gasteiger partial charge in [0.1, 0.15) is 12.1 Å². The Morgan fingerprint density at radius 2 is 1.96 bits per heavy atom. The summed E-state index contributed by atoms with van der Waals surface area (Å²) in [6.07, 6.45) is -1.56. The number of nitrogens with two attached hydrogens (primary N) is 1. The average Bonchev–Trinajstić information content (AvgIpc) is 2.58. The van der Waals surface area contributed by atoms with E-state index in [1.165, 1.54) is 6.92 Å². The summed E-state index contributed by atoms with van der Waals surface area (Å²) in [7, 11) is 0. The molecule has 9 nitrogen and oxygen atoms in total. The van der Waals surface area contributed by atoms with Gasteiger partial charge in [-0.25, -0.2) is 0 Å². The van der Waals surface area contributed by atoms with Crippen LogP contribution in [0.5, 0.6) is 0 Å². The third-order valence-electron chi connectivity index (χ3n) is 3.97. The average molecular weight is 358 g/mol. The van der Waals surface area contributed by atoms with Gasteiger partial charge in [0.05, 0.1) is 18.8 Å². The number of Topliss-reactive ketones (excluding diaryl/α,β-unsaturated/α-hetero) is 1. The van der Waals surface area contributed by atoms with E-state index in [4.69, 9.17) is 10.5 Å². The Hall–Kier alpha value is -1.55. The van der Waals surface area contributed by atoms with Gasteiger partial charge in [-0.05, 0) is 19.9 Å². The van der Waals surface area contributed by atoms with Crippen molar-refractivity contribution in [3.05, 3.63) is 0 Å². The van der Waals surface area contributed by atoms with E-state index in [-0.39, 0.29) is 18.2 Å². The number of aliphatic hydroxyl groups is 1. The van der Waals surface area contributed by atoms with Crippen molar-refractivity contribution in [2.45, 2.75) is 51.5 Å². The molecule has 0 radical (unpaired) electrons. The molecule has 1 aliphatic rings. The zero-order chi connectivity index (χ0) is 19.0. The number of carbonyl (C=O) groups is 3. The van der Waals surface area contributed by atoms with E-state index in [0.29, 0.717) is 26.1 Å². The Kier molecular flexibility index (Phi) is 8.98. The van der Waals surface area contributed by atoms with Crippen molar-refractivity contribution in [3.8, 4) is 0 Å². The van der Waals surface area contributed by atoms with Crippen LogP contribution < -0.4 is 21.7 Å². The van der Waals surface area contributed by atoms with E-state index in [2.05, 4.69) is 16.0 Å². The normalized spacial score (nSPS) is 21.3. The van der Waals surface area contributed by atoms with E-state index in [1.807, 2.05) is 0 Å². The monoisotopic (exact) mass is 358 g/mol. The van der Waals surface area contributed by atoms with Gasteiger partial charge in [-0.15, -0.1) is 0 Å². The first-order valence-corrected chi connectivity index (χ1v) is 8.62. The lowest BCUT2D eigenvalue weighted by Gasteiger charge is -2.28. The van der Waals surface area contributed by atoms with Gasteiger partial charge in [-0.1, -0.05) is 13.8 Å². The number of carbonyl (C=O) groups excluding carboxylic acids is 3. The highest BCUT2D eigenvalue weighted by Crippen LogP contribution is 2.05. The van der Waals surface area contributed by atoms with Crippen molar-refractivity contribution >= 4 is 17.6 Å². The number of nitrogens with one attached hydrogen (secondary N) is 3. The zero-order valence-corrected chi connectivity index (χ0v) is 15.1. The molecule has 6 N–H and O–H groups in total. The second-order valence-corrected chi connectivity index (χ2v) is 6.49. The van der Waals surface area contributed by atoms with Gasteiger partial charge in [0, 0.05) is 19.0 Å². The molecule has 0 spiro atoms. The molecule has 1 heterocycles. The molecule has 144 valence electrons. The van der Waals surface area contributed by atoms with Crippen molar-refractivity contribution in [2.75, 3.05) is 26.2 Å². The Morgan fingerprint density at radius 3 is 2.44 bits per heavy atom. The van der Waals surface area contributed by atoms with Gasteiger partial charge in [-0.3, -0.25) is 14.4 Å². The molecule has 2 amide bonds. The summed E-state index contributed by atoms with van der Waals surface area (Å²) in [5, 5.41) is 18.0. The van der Waals surface area contributed by atoms with Gasteiger partial charge in [0.2, 0.25) is 5.91 Å². The molecular formula is C16H30N4O5. The molecule has 1 saturated heterocycles. The molecule has 0 aliphatic carbocycles. The Balaban J connectivity index is 2.73. The molecule has 0 aromatic rings. The van der Waals surface area contributed by atoms with Gasteiger partial charge < -0.3 is 31.5 Å². The molecule has 1 fully saturated rings. The van der Waals surface area contributed by atoms with Gasteiger partial charge >= 0.3 is 0 Å². The highest BCUT2D eigenvalue weighted by molar-refractivity contribution is 5.94. The molecule has 1 unspecified atom stereocenters. The molecule has 0 bridgehead atoms. The molecule has 4 atom stereocenters. The number of ether oxygens (including phenoxy) is 1. The van der Waals surface area contributed by atoms with E-state index >= 15 is 0 Å². The molecule has 0 aromatic heterocycles. The van der Waals surface area contributed by atoms with Crippen molar-refractivity contribution in [3.63, 3.8) is 0 Å². The molecule has 1 rings (SSSR count). The maximum absolute atomic E-state index is 12.5. The van der Waals surface area contributed by atoms with E-state index in [0.717, 1.165) is 0 Å². The highest BCUT2D eigenvalue weighted by Gasteiger charge is 2.32. The number of hydrogen-bond donors (Lipinski definition) is 5. The van der Waals surface area contributed by atoms with Gasteiger partial charge in [-0.2, -0.15) is 0 Å². The van der Waals surface area contributed by atoms with Crippen LogP contribution in [-0.2, 0) is 19.1 Å². The second kappa shape index (κ2) is 10.4. The maximum Gasteiger partial charge on any atom is 0.251 e. The third kappa shape index (κ3) is 6.69. The molecule has 1 aliphatic heterocycles. The van der Waals surface area contributed by atoms with Crippen LogP contribution >= 0.6 is 0 Å². The van der Waals surface area contributed by atoms with Crippen LogP contribution in [0.3, 0.4) is 0 Å². The van der Waals surface area contributed by atoms with Crippen LogP contribution in [0.4, 0.5) is 0 Å². The van der Waals surface area contributed by atoms with Crippen molar-refractivity contribution in [1.29, 1.82) is 0 Å². The summed E-state index contributed by atoms with van der Waals surface area (Å²) in [4.78, 5) is 36.9. The lowest BCUT2D eigenvalue weighted by Crippen LogP contribution is -2.59. The molecular weight excluding hydrogens is 328 g/mol. The number of hydrogen-bond acceptors (Lipinski definition) is 7. The second-order valence-electron chi connectivity index (χ2n) is 6.49. The van der Waals surface area contributed by atoms with Crippen LogP contribution in [-0.4, -0.2) is 73.2 Å². The predicted octanol–water partition coefficient (Wildman–Crippen LogP) is -2.10. The maximum atomic E-state index is 12.5. The summed E-state index contributed by atoms with van der Waals surface area (Å²) in [6.45, 7) is 6.48. The Morgan fingerprint density at radius 1 is 1.28 bits per heavy atom. The number of ketones is 1. The van der Waals surface area contributed by atoms with Crippen LogP contribution in [0.25, 0.3) is 0 Å². The summed E-state index contributed by atoms with van der Waals surface area (Å²) >= 11 is 0. The lowest BCUT2D eigenvalue weighted by atomic mass is 9.98. The fraction of sp³-hybridized carbons (Fsp3) is 0.812. The van der Waals surface area contributed by atoms with Gasteiger partial charge in [0.25, 0.3) is 5.91 Å².